The molecular weight excluding hydrogens is 358 g/mol. The van der Waals surface area contributed by atoms with Crippen molar-refractivity contribution in [1.29, 1.82) is 0 Å². The zero-order valence-corrected chi connectivity index (χ0v) is 15.1. The van der Waals surface area contributed by atoms with Crippen LogP contribution in [0.15, 0.2) is 41.3 Å². The fraction of sp³-hybridized carbons (Fsp3) is 0.167. The van der Waals surface area contributed by atoms with Gasteiger partial charge in [0.25, 0.3) is 11.8 Å². The van der Waals surface area contributed by atoms with Gasteiger partial charge in [0, 0.05) is 0 Å². The van der Waals surface area contributed by atoms with Gasteiger partial charge in [-0.15, -0.1) is 11.8 Å². The highest BCUT2D eigenvalue weighted by Crippen LogP contribution is 2.38. The monoisotopic (exact) mass is 373 g/mol. The van der Waals surface area contributed by atoms with Gasteiger partial charge in [-0.1, -0.05) is 17.2 Å². The minimum atomic E-state index is -0.927. The van der Waals surface area contributed by atoms with E-state index in [4.69, 9.17) is 14.3 Å². The number of fused-ring (bicyclic) bond motifs is 1. The number of rotatable bonds is 5. The second-order valence-corrected chi connectivity index (χ2v) is 6.06. The average Bonchev–Trinajstić information content (AvgIpc) is 2.91. The number of carbonyl (C=O) groups excluding carboxylic acids is 3. The predicted molar refractivity (Wildman–Crippen MR) is 93.7 cm³/mol. The maximum absolute atomic E-state index is 12.7. The zero-order chi connectivity index (χ0) is 18.8. The Morgan fingerprint density at radius 1 is 0.962 bits per heavy atom. The number of carbonyl (C=O) groups is 3. The van der Waals surface area contributed by atoms with Gasteiger partial charge in [-0.25, -0.2) is 4.79 Å². The molecule has 0 aromatic heterocycles. The lowest BCUT2D eigenvalue weighted by atomic mass is 10.1. The lowest BCUT2D eigenvalue weighted by Gasteiger charge is -2.17. The lowest BCUT2D eigenvalue weighted by Crippen LogP contribution is -2.33. The van der Waals surface area contributed by atoms with Crippen LogP contribution in [-0.2, 0) is 4.84 Å². The van der Waals surface area contributed by atoms with Crippen LogP contribution in [0.1, 0.15) is 31.1 Å². The highest BCUT2D eigenvalue weighted by molar-refractivity contribution is 7.98. The van der Waals surface area contributed by atoms with Crippen LogP contribution in [-0.4, -0.2) is 43.3 Å². The molecule has 134 valence electrons. The third-order valence-electron chi connectivity index (χ3n) is 3.86. The van der Waals surface area contributed by atoms with Crippen molar-refractivity contribution in [2.75, 3.05) is 20.5 Å². The molecular formula is C18H15NO6S. The molecule has 1 aliphatic rings. The highest BCUT2D eigenvalue weighted by atomic mass is 32.2. The van der Waals surface area contributed by atoms with Crippen molar-refractivity contribution in [3.05, 3.63) is 53.1 Å². The van der Waals surface area contributed by atoms with E-state index in [0.29, 0.717) is 9.96 Å². The van der Waals surface area contributed by atoms with Crippen molar-refractivity contribution in [2.24, 2.45) is 0 Å². The Morgan fingerprint density at radius 2 is 1.58 bits per heavy atom. The number of ether oxygens (including phenoxy) is 2. The zero-order valence-electron chi connectivity index (χ0n) is 14.3. The number of thioether (sulfide) groups is 1. The number of benzene rings is 2. The Kier molecular flexibility index (Phi) is 4.85. The van der Waals surface area contributed by atoms with E-state index in [9.17, 15) is 14.4 Å². The summed E-state index contributed by atoms with van der Waals surface area (Å²) in [6.07, 6.45) is 1.82. The number of amides is 2. The van der Waals surface area contributed by atoms with Crippen molar-refractivity contribution < 1.29 is 28.7 Å². The number of hydroxylamine groups is 2. The average molecular weight is 373 g/mol. The minimum Gasteiger partial charge on any atom is -0.496 e. The summed E-state index contributed by atoms with van der Waals surface area (Å²) in [6, 6.07) is 9.58. The summed E-state index contributed by atoms with van der Waals surface area (Å²) in [7, 11) is 2.81. The lowest BCUT2D eigenvalue weighted by molar-refractivity contribution is -0.0588. The third kappa shape index (κ3) is 2.78. The van der Waals surface area contributed by atoms with E-state index in [2.05, 4.69) is 0 Å². The molecule has 26 heavy (non-hydrogen) atoms. The summed E-state index contributed by atoms with van der Waals surface area (Å²) in [4.78, 5) is 43.3. The molecule has 0 unspecified atom stereocenters. The van der Waals surface area contributed by atoms with Crippen LogP contribution >= 0.6 is 11.8 Å². The molecule has 0 radical (unpaired) electrons. The molecule has 0 atom stereocenters. The summed E-state index contributed by atoms with van der Waals surface area (Å²) in [5, 5.41) is 0.456. The van der Waals surface area contributed by atoms with Gasteiger partial charge in [0.15, 0.2) is 5.75 Å². The van der Waals surface area contributed by atoms with Gasteiger partial charge >= 0.3 is 5.97 Å². The van der Waals surface area contributed by atoms with Gasteiger partial charge in [-0.2, -0.15) is 0 Å². The van der Waals surface area contributed by atoms with E-state index in [1.165, 1.54) is 38.1 Å². The van der Waals surface area contributed by atoms with Crippen LogP contribution in [0.5, 0.6) is 11.5 Å². The maximum Gasteiger partial charge on any atom is 0.371 e. The fourth-order valence-electron chi connectivity index (χ4n) is 2.65. The van der Waals surface area contributed by atoms with Gasteiger partial charge < -0.3 is 14.3 Å². The Morgan fingerprint density at radius 3 is 2.08 bits per heavy atom. The number of methoxy groups -OCH3 is 2. The molecule has 0 saturated heterocycles. The van der Waals surface area contributed by atoms with E-state index in [0.717, 1.165) is 0 Å². The number of hydrogen-bond acceptors (Lipinski definition) is 7. The molecule has 0 fully saturated rings. The summed E-state index contributed by atoms with van der Waals surface area (Å²) in [5.74, 6) is -1.86. The normalized spacial score (nSPS) is 12.8. The molecule has 1 heterocycles. The molecule has 1 aliphatic heterocycles. The standard InChI is InChI=1S/C18H15NO6S/c1-23-12-8-9-13(26-3)15(24-2)14(12)18(22)25-19-16(20)10-6-4-5-7-11(10)17(19)21/h4-9H,1-3H3. The number of hydrogen-bond donors (Lipinski definition) is 0. The van der Waals surface area contributed by atoms with E-state index >= 15 is 0 Å². The third-order valence-corrected chi connectivity index (χ3v) is 4.62. The summed E-state index contributed by atoms with van der Waals surface area (Å²) in [5.41, 5.74) is 0.364. The van der Waals surface area contributed by atoms with Crippen LogP contribution in [0, 0.1) is 0 Å². The van der Waals surface area contributed by atoms with Crippen molar-refractivity contribution in [2.45, 2.75) is 4.90 Å². The van der Waals surface area contributed by atoms with Gasteiger partial charge in [0.1, 0.15) is 11.3 Å². The summed E-state index contributed by atoms with van der Waals surface area (Å²) < 4.78 is 10.5. The maximum atomic E-state index is 12.7. The molecule has 8 heteroatoms. The first-order valence-corrected chi connectivity index (χ1v) is 8.75. The van der Waals surface area contributed by atoms with Crippen LogP contribution < -0.4 is 9.47 Å². The van der Waals surface area contributed by atoms with Crippen LogP contribution in [0.4, 0.5) is 0 Å². The van der Waals surface area contributed by atoms with Gasteiger partial charge in [0.05, 0.1) is 30.2 Å². The molecule has 2 amide bonds. The van der Waals surface area contributed by atoms with Gasteiger partial charge in [0.2, 0.25) is 0 Å². The molecule has 0 aliphatic carbocycles. The quantitative estimate of drug-likeness (QED) is 0.589. The van der Waals surface area contributed by atoms with Crippen LogP contribution in [0.2, 0.25) is 0 Å². The van der Waals surface area contributed by atoms with E-state index in [1.54, 1.807) is 24.3 Å². The molecule has 2 aromatic rings. The SMILES string of the molecule is COc1ccc(SC)c(OC)c1C(=O)ON1C(=O)c2ccccc2C1=O. The summed E-state index contributed by atoms with van der Waals surface area (Å²) >= 11 is 1.37. The second-order valence-electron chi connectivity index (χ2n) is 5.21. The van der Waals surface area contributed by atoms with E-state index < -0.39 is 17.8 Å². The molecule has 7 nitrogen and oxygen atoms in total. The first kappa shape index (κ1) is 17.8. The van der Waals surface area contributed by atoms with Crippen LogP contribution in [0.25, 0.3) is 0 Å². The van der Waals surface area contributed by atoms with Crippen LogP contribution in [0.3, 0.4) is 0 Å². The first-order chi connectivity index (χ1) is 12.5. The van der Waals surface area contributed by atoms with Gasteiger partial charge in [-0.3, -0.25) is 9.59 Å². The smallest absolute Gasteiger partial charge is 0.371 e. The number of imide groups is 1. The fourth-order valence-corrected chi connectivity index (χ4v) is 3.23. The molecule has 0 bridgehead atoms. The number of nitrogens with zero attached hydrogens (tertiary/aromatic N) is 1. The molecule has 3 rings (SSSR count). The molecule has 2 aromatic carbocycles. The first-order valence-electron chi connectivity index (χ1n) is 7.52. The predicted octanol–water partition coefficient (Wildman–Crippen LogP) is 2.79. The summed E-state index contributed by atoms with van der Waals surface area (Å²) in [6.45, 7) is 0. The Labute approximate surface area is 153 Å². The minimum absolute atomic E-state index is 0.00148. The Bertz CT molecular complexity index is 876. The van der Waals surface area contributed by atoms with Crippen molar-refractivity contribution in [3.63, 3.8) is 0 Å². The van der Waals surface area contributed by atoms with E-state index in [-0.39, 0.29) is 28.2 Å². The Hall–Kier alpha value is -3.00. The van der Waals surface area contributed by atoms with Crippen molar-refractivity contribution in [3.8, 4) is 11.5 Å². The van der Waals surface area contributed by atoms with Crippen molar-refractivity contribution in [1.82, 2.24) is 5.06 Å². The second kappa shape index (κ2) is 7.09. The molecule has 0 saturated carbocycles. The highest BCUT2D eigenvalue weighted by Gasteiger charge is 2.39. The largest absolute Gasteiger partial charge is 0.496 e. The van der Waals surface area contributed by atoms with Crippen molar-refractivity contribution >= 4 is 29.5 Å². The molecule has 0 N–H and O–H groups in total. The Balaban J connectivity index is 1.97. The van der Waals surface area contributed by atoms with E-state index in [1.807, 2.05) is 6.26 Å². The molecule has 0 spiro atoms. The van der Waals surface area contributed by atoms with Gasteiger partial charge in [-0.05, 0) is 30.5 Å². The topological polar surface area (TPSA) is 82.1 Å².